The fourth-order valence-corrected chi connectivity index (χ4v) is 5.41. The van der Waals surface area contributed by atoms with E-state index in [2.05, 4.69) is 12.2 Å². The van der Waals surface area contributed by atoms with Gasteiger partial charge in [0.1, 0.15) is 12.1 Å². The van der Waals surface area contributed by atoms with Crippen LogP contribution >= 0.6 is 11.3 Å². The van der Waals surface area contributed by atoms with Gasteiger partial charge >= 0.3 is 12.0 Å². The molecule has 0 aromatic carbocycles. The Morgan fingerprint density at radius 1 is 1.33 bits per heavy atom. The number of carbonyl (C=O) groups excluding carboxylic acids is 4. The summed E-state index contributed by atoms with van der Waals surface area (Å²) in [4.78, 5) is 54.2. The lowest BCUT2D eigenvalue weighted by molar-refractivity contribution is -0.160. The van der Waals surface area contributed by atoms with Crippen molar-refractivity contribution in [3.8, 4) is 0 Å². The number of esters is 1. The average molecular weight is 434 g/mol. The maximum Gasteiger partial charge on any atom is 0.327 e. The van der Waals surface area contributed by atoms with Crippen molar-refractivity contribution in [2.24, 2.45) is 5.92 Å². The van der Waals surface area contributed by atoms with E-state index in [0.717, 1.165) is 29.7 Å². The van der Waals surface area contributed by atoms with E-state index in [-0.39, 0.29) is 11.8 Å². The van der Waals surface area contributed by atoms with Crippen LogP contribution < -0.4 is 5.32 Å². The van der Waals surface area contributed by atoms with Crippen LogP contribution in [-0.4, -0.2) is 58.3 Å². The van der Waals surface area contributed by atoms with E-state index in [9.17, 15) is 19.2 Å². The molecule has 0 bridgehead atoms. The highest BCUT2D eigenvalue weighted by atomic mass is 32.1. The monoisotopic (exact) mass is 433 g/mol. The summed E-state index contributed by atoms with van der Waals surface area (Å²) in [7, 11) is 0. The normalized spacial score (nSPS) is 27.1. The molecule has 4 rings (SSSR count). The fraction of sp³-hybridized carbons (Fsp3) is 0.619. The van der Waals surface area contributed by atoms with Gasteiger partial charge in [-0.25, -0.2) is 4.79 Å². The van der Waals surface area contributed by atoms with Crippen molar-refractivity contribution >= 4 is 35.2 Å². The molecule has 4 amide bonds. The Kier molecular flexibility index (Phi) is 5.57. The molecule has 2 aliphatic heterocycles. The summed E-state index contributed by atoms with van der Waals surface area (Å²) in [6.45, 7) is 4.27. The van der Waals surface area contributed by atoms with Gasteiger partial charge in [0, 0.05) is 18.0 Å². The number of urea groups is 1. The zero-order valence-electron chi connectivity index (χ0n) is 17.3. The average Bonchev–Trinajstić information content (AvgIpc) is 3.28. The first-order valence-corrected chi connectivity index (χ1v) is 11.3. The van der Waals surface area contributed by atoms with Gasteiger partial charge in [0.25, 0.3) is 11.8 Å². The number of thiophene rings is 1. The number of carbonyl (C=O) groups is 4. The molecule has 1 aromatic rings. The molecule has 2 fully saturated rings. The molecule has 1 unspecified atom stereocenters. The molecule has 0 radical (unpaired) electrons. The molecule has 3 heterocycles. The Hall–Kier alpha value is -2.42. The number of ether oxygens (including phenoxy) is 1. The zero-order chi connectivity index (χ0) is 21.5. The summed E-state index contributed by atoms with van der Waals surface area (Å²) in [5.41, 5.74) is 0.238. The van der Waals surface area contributed by atoms with E-state index >= 15 is 0 Å². The van der Waals surface area contributed by atoms with Crippen LogP contribution in [0.1, 0.15) is 50.0 Å². The Bertz CT molecular complexity index is 874. The van der Waals surface area contributed by atoms with Gasteiger partial charge in [0.2, 0.25) is 0 Å². The topological polar surface area (TPSA) is 96.0 Å². The van der Waals surface area contributed by atoms with Crippen molar-refractivity contribution in [1.29, 1.82) is 0 Å². The predicted octanol–water partition coefficient (Wildman–Crippen LogP) is 2.07. The minimum Gasteiger partial charge on any atom is -0.451 e. The van der Waals surface area contributed by atoms with E-state index in [0.29, 0.717) is 31.8 Å². The molecule has 1 saturated heterocycles. The lowest BCUT2D eigenvalue weighted by atomic mass is 9.77. The molecule has 8 nitrogen and oxygen atoms in total. The SMILES string of the molecule is CC1CCC2(CC1)NC(=O)N(CC(=O)OC(C)C(=O)N1CCc3sccc3C1)C2=O. The maximum absolute atomic E-state index is 12.9. The second-order valence-corrected chi connectivity index (χ2v) is 9.60. The molecule has 1 aliphatic carbocycles. The summed E-state index contributed by atoms with van der Waals surface area (Å²) in [5, 5.41) is 4.80. The molecule has 9 heteroatoms. The summed E-state index contributed by atoms with van der Waals surface area (Å²) < 4.78 is 5.28. The van der Waals surface area contributed by atoms with Crippen molar-refractivity contribution in [1.82, 2.24) is 15.1 Å². The van der Waals surface area contributed by atoms with Crippen LogP contribution in [0.4, 0.5) is 4.79 Å². The van der Waals surface area contributed by atoms with Crippen molar-refractivity contribution in [2.45, 2.75) is 64.1 Å². The highest BCUT2D eigenvalue weighted by molar-refractivity contribution is 7.10. The maximum atomic E-state index is 12.9. The van der Waals surface area contributed by atoms with Crippen molar-refractivity contribution < 1.29 is 23.9 Å². The third-order valence-corrected chi connectivity index (χ3v) is 7.46. The molecular formula is C21H27N3O5S. The molecule has 1 spiro atoms. The van der Waals surface area contributed by atoms with Crippen LogP contribution in [0, 0.1) is 5.92 Å². The van der Waals surface area contributed by atoms with E-state index in [1.54, 1.807) is 16.2 Å². The summed E-state index contributed by atoms with van der Waals surface area (Å²) >= 11 is 1.69. The van der Waals surface area contributed by atoms with Crippen molar-refractivity contribution in [3.63, 3.8) is 0 Å². The largest absolute Gasteiger partial charge is 0.451 e. The third-order valence-electron chi connectivity index (χ3n) is 6.44. The standard InChI is InChI=1S/C21H27N3O5S/c1-13-3-7-21(8-4-13)19(27)24(20(28)22-21)12-17(25)29-14(2)18(26)23-9-5-16-15(11-23)6-10-30-16/h6,10,13-14H,3-5,7-9,11-12H2,1-2H3,(H,22,28). The molecule has 1 atom stereocenters. The van der Waals surface area contributed by atoms with Crippen molar-refractivity contribution in [3.05, 3.63) is 21.9 Å². The van der Waals surface area contributed by atoms with Crippen LogP contribution in [0.2, 0.25) is 0 Å². The zero-order valence-corrected chi connectivity index (χ0v) is 18.1. The Labute approximate surface area is 179 Å². The lowest BCUT2D eigenvalue weighted by Crippen LogP contribution is -2.49. The summed E-state index contributed by atoms with van der Waals surface area (Å²) in [6.07, 6.45) is 2.71. The highest BCUT2D eigenvalue weighted by Gasteiger charge is 2.52. The van der Waals surface area contributed by atoms with E-state index in [1.807, 2.05) is 11.4 Å². The van der Waals surface area contributed by atoms with Gasteiger partial charge in [0.15, 0.2) is 6.10 Å². The summed E-state index contributed by atoms with van der Waals surface area (Å²) in [5.74, 6) is -0.869. The van der Waals surface area contributed by atoms with Gasteiger partial charge in [-0.2, -0.15) is 0 Å². The number of nitrogens with one attached hydrogen (secondary N) is 1. The van der Waals surface area contributed by atoms with Gasteiger partial charge in [-0.1, -0.05) is 6.92 Å². The number of amides is 4. The molecule has 1 N–H and O–H groups in total. The molecule has 1 saturated carbocycles. The highest BCUT2D eigenvalue weighted by Crippen LogP contribution is 2.36. The van der Waals surface area contributed by atoms with Crippen LogP contribution in [0.25, 0.3) is 0 Å². The Morgan fingerprint density at radius 3 is 2.80 bits per heavy atom. The van der Waals surface area contributed by atoms with Gasteiger partial charge in [-0.05, 0) is 62.0 Å². The summed E-state index contributed by atoms with van der Waals surface area (Å²) in [6, 6.07) is 1.45. The van der Waals surface area contributed by atoms with Crippen LogP contribution in [0.3, 0.4) is 0 Å². The van der Waals surface area contributed by atoms with Crippen LogP contribution in [0.5, 0.6) is 0 Å². The second-order valence-electron chi connectivity index (χ2n) is 8.60. The first kappa shape index (κ1) is 20.8. The number of fused-ring (bicyclic) bond motifs is 1. The Balaban J connectivity index is 1.32. The van der Waals surface area contributed by atoms with E-state index in [4.69, 9.17) is 4.74 Å². The molecule has 1 aromatic heterocycles. The molecule has 162 valence electrons. The predicted molar refractivity (Wildman–Crippen MR) is 110 cm³/mol. The van der Waals surface area contributed by atoms with E-state index in [1.165, 1.54) is 11.8 Å². The number of hydrogen-bond donors (Lipinski definition) is 1. The molecular weight excluding hydrogens is 406 g/mol. The van der Waals surface area contributed by atoms with Crippen molar-refractivity contribution in [2.75, 3.05) is 13.1 Å². The lowest BCUT2D eigenvalue weighted by Gasteiger charge is -2.33. The van der Waals surface area contributed by atoms with Gasteiger partial charge in [-0.3, -0.25) is 19.3 Å². The fourth-order valence-electron chi connectivity index (χ4n) is 4.52. The Morgan fingerprint density at radius 2 is 2.07 bits per heavy atom. The minimum absolute atomic E-state index is 0.268. The van der Waals surface area contributed by atoms with Gasteiger partial charge in [-0.15, -0.1) is 11.3 Å². The van der Waals surface area contributed by atoms with Crippen LogP contribution in [0.15, 0.2) is 11.4 Å². The van der Waals surface area contributed by atoms with Gasteiger partial charge < -0.3 is 15.0 Å². The first-order valence-electron chi connectivity index (χ1n) is 10.5. The minimum atomic E-state index is -0.969. The number of nitrogens with zero attached hydrogens (tertiary/aromatic N) is 2. The quantitative estimate of drug-likeness (QED) is 0.579. The first-order chi connectivity index (χ1) is 14.3. The van der Waals surface area contributed by atoms with E-state index < -0.39 is 30.2 Å². The molecule has 30 heavy (non-hydrogen) atoms. The number of imide groups is 1. The van der Waals surface area contributed by atoms with Crippen LogP contribution in [-0.2, 0) is 32.1 Å². The number of rotatable bonds is 4. The van der Waals surface area contributed by atoms with Gasteiger partial charge in [0.05, 0.1) is 0 Å². The third kappa shape index (κ3) is 3.82. The second kappa shape index (κ2) is 8.02. The smallest absolute Gasteiger partial charge is 0.327 e. The number of hydrogen-bond acceptors (Lipinski definition) is 6. The molecule has 3 aliphatic rings.